The predicted octanol–water partition coefficient (Wildman–Crippen LogP) is 0.938. The Hall–Kier alpha value is -1.73. The summed E-state index contributed by atoms with van der Waals surface area (Å²) in [5, 5.41) is 2.36. The summed E-state index contributed by atoms with van der Waals surface area (Å²) in [4.78, 5) is 11.7. The van der Waals surface area contributed by atoms with Gasteiger partial charge in [-0.2, -0.15) is 0 Å². The van der Waals surface area contributed by atoms with Gasteiger partial charge in [-0.1, -0.05) is 0 Å². The van der Waals surface area contributed by atoms with Crippen molar-refractivity contribution in [3.63, 3.8) is 0 Å². The fourth-order valence-corrected chi connectivity index (χ4v) is 1.47. The highest BCUT2D eigenvalue weighted by atomic mass is 19.1. The molecule has 0 heterocycles. The average Bonchev–Trinajstić information content (AvgIpc) is 2.39. The number of methoxy groups -OCH3 is 2. The van der Waals surface area contributed by atoms with Crippen molar-refractivity contribution in [3.8, 4) is 0 Å². The number of nitrogen functional groups attached to an aromatic ring is 1. The van der Waals surface area contributed by atoms with Gasteiger partial charge in [-0.05, 0) is 12.1 Å². The van der Waals surface area contributed by atoms with E-state index < -0.39 is 29.2 Å². The number of benzene rings is 1. The minimum absolute atomic E-state index is 0.0663. The first kappa shape index (κ1) is 15.3. The minimum Gasteiger partial charge on any atom is -0.396 e. The van der Waals surface area contributed by atoms with E-state index in [0.29, 0.717) is 0 Å². The van der Waals surface area contributed by atoms with Crippen molar-refractivity contribution < 1.29 is 23.0 Å². The van der Waals surface area contributed by atoms with Crippen molar-refractivity contribution in [1.82, 2.24) is 5.32 Å². The maximum Gasteiger partial charge on any atom is 0.257 e. The molecule has 0 fully saturated rings. The van der Waals surface area contributed by atoms with Gasteiger partial charge in [0.2, 0.25) is 0 Å². The number of rotatable bonds is 6. The lowest BCUT2D eigenvalue weighted by molar-refractivity contribution is 0.0284. The fourth-order valence-electron chi connectivity index (χ4n) is 1.47. The number of carbonyl (C=O) groups is 1. The number of hydrogen-bond donors (Lipinski definition) is 2. The normalized spacial score (nSPS) is 12.2. The Morgan fingerprint density at radius 3 is 2.68 bits per heavy atom. The third-order valence-electron chi connectivity index (χ3n) is 2.52. The summed E-state index contributed by atoms with van der Waals surface area (Å²) in [6.45, 7) is 0.315. The Labute approximate surface area is 109 Å². The van der Waals surface area contributed by atoms with Gasteiger partial charge in [-0.25, -0.2) is 8.78 Å². The van der Waals surface area contributed by atoms with E-state index in [1.54, 1.807) is 0 Å². The van der Waals surface area contributed by atoms with Gasteiger partial charge in [0.05, 0.1) is 18.4 Å². The highest BCUT2D eigenvalue weighted by Gasteiger charge is 2.20. The lowest BCUT2D eigenvalue weighted by atomic mass is 10.1. The zero-order valence-corrected chi connectivity index (χ0v) is 10.7. The SMILES string of the molecule is COCC(CNC(=O)c1c(F)ccc(N)c1F)OC. The van der Waals surface area contributed by atoms with Crippen LogP contribution in [0.25, 0.3) is 0 Å². The van der Waals surface area contributed by atoms with Gasteiger partial charge in [0.15, 0.2) is 5.82 Å². The zero-order chi connectivity index (χ0) is 14.4. The van der Waals surface area contributed by atoms with E-state index in [0.717, 1.165) is 12.1 Å². The summed E-state index contributed by atoms with van der Waals surface area (Å²) in [5.74, 6) is -2.93. The second kappa shape index (κ2) is 7.01. The molecule has 7 heteroatoms. The molecule has 0 aliphatic heterocycles. The van der Waals surface area contributed by atoms with Crippen LogP contribution in [-0.4, -0.2) is 39.4 Å². The van der Waals surface area contributed by atoms with Gasteiger partial charge in [-0.15, -0.1) is 0 Å². The molecule has 0 saturated carbocycles. The molecule has 0 aliphatic carbocycles. The van der Waals surface area contributed by atoms with E-state index in [1.165, 1.54) is 14.2 Å². The topological polar surface area (TPSA) is 73.6 Å². The minimum atomic E-state index is -1.07. The van der Waals surface area contributed by atoms with Crippen molar-refractivity contribution >= 4 is 11.6 Å². The van der Waals surface area contributed by atoms with E-state index in [9.17, 15) is 13.6 Å². The summed E-state index contributed by atoms with van der Waals surface area (Å²) in [5.41, 5.74) is 4.30. The van der Waals surface area contributed by atoms with Crippen molar-refractivity contribution in [1.29, 1.82) is 0 Å². The summed E-state index contributed by atoms with van der Waals surface area (Å²) in [6.07, 6.45) is -0.402. The van der Waals surface area contributed by atoms with Crippen LogP contribution in [0, 0.1) is 11.6 Å². The molecule has 0 aliphatic rings. The summed E-state index contributed by atoms with van der Waals surface area (Å²) < 4.78 is 36.9. The summed E-state index contributed by atoms with van der Waals surface area (Å²) >= 11 is 0. The van der Waals surface area contributed by atoms with E-state index >= 15 is 0 Å². The second-order valence-corrected chi connectivity index (χ2v) is 3.85. The van der Waals surface area contributed by atoms with Gasteiger partial charge in [0, 0.05) is 20.8 Å². The summed E-state index contributed by atoms with van der Waals surface area (Å²) in [6, 6.07) is 2.00. The standard InChI is InChI=1S/C12H16F2N2O3/c1-18-6-7(19-2)5-16-12(17)10-8(13)3-4-9(15)11(10)14/h3-4,7H,5-6,15H2,1-2H3,(H,16,17). The number of anilines is 1. The summed E-state index contributed by atoms with van der Waals surface area (Å²) in [7, 11) is 2.92. The Bertz CT molecular complexity index is 455. The molecule has 1 aromatic carbocycles. The van der Waals surface area contributed by atoms with Crippen LogP contribution in [0.1, 0.15) is 10.4 Å². The van der Waals surface area contributed by atoms with Crippen molar-refractivity contribution in [2.24, 2.45) is 0 Å². The first-order valence-corrected chi connectivity index (χ1v) is 5.54. The molecule has 1 rings (SSSR count). The molecule has 0 saturated heterocycles. The first-order chi connectivity index (χ1) is 9.01. The number of halogens is 2. The Morgan fingerprint density at radius 1 is 1.42 bits per heavy atom. The Balaban J connectivity index is 2.76. The maximum atomic E-state index is 13.6. The first-order valence-electron chi connectivity index (χ1n) is 5.54. The molecule has 3 N–H and O–H groups in total. The van der Waals surface area contributed by atoms with E-state index in [1.807, 2.05) is 0 Å². The van der Waals surface area contributed by atoms with Gasteiger partial charge >= 0.3 is 0 Å². The van der Waals surface area contributed by atoms with Crippen LogP contribution >= 0.6 is 0 Å². The largest absolute Gasteiger partial charge is 0.396 e. The molecule has 0 radical (unpaired) electrons. The van der Waals surface area contributed by atoms with Crippen LogP contribution in [-0.2, 0) is 9.47 Å². The van der Waals surface area contributed by atoms with Crippen molar-refractivity contribution in [3.05, 3.63) is 29.3 Å². The molecule has 1 unspecified atom stereocenters. The van der Waals surface area contributed by atoms with Crippen molar-refractivity contribution in [2.45, 2.75) is 6.10 Å². The lowest BCUT2D eigenvalue weighted by Crippen LogP contribution is -2.36. The molecule has 1 atom stereocenters. The van der Waals surface area contributed by atoms with Crippen LogP contribution in [0.2, 0.25) is 0 Å². The Morgan fingerprint density at radius 2 is 2.11 bits per heavy atom. The highest BCUT2D eigenvalue weighted by molar-refractivity contribution is 5.95. The zero-order valence-electron chi connectivity index (χ0n) is 10.7. The van der Waals surface area contributed by atoms with Gasteiger partial charge in [-0.3, -0.25) is 4.79 Å². The Kier molecular flexibility index (Phi) is 5.65. The van der Waals surface area contributed by atoms with Crippen LogP contribution in [0.5, 0.6) is 0 Å². The maximum absolute atomic E-state index is 13.6. The third-order valence-corrected chi connectivity index (χ3v) is 2.52. The molecule has 0 bridgehead atoms. The molecule has 1 aromatic rings. The number of ether oxygens (including phenoxy) is 2. The number of nitrogens with two attached hydrogens (primary N) is 1. The second-order valence-electron chi connectivity index (χ2n) is 3.85. The van der Waals surface area contributed by atoms with Crippen molar-refractivity contribution in [2.75, 3.05) is 33.1 Å². The molecule has 1 amide bonds. The van der Waals surface area contributed by atoms with Gasteiger partial charge in [0.25, 0.3) is 5.91 Å². The third kappa shape index (κ3) is 3.87. The van der Waals surface area contributed by atoms with Crippen LogP contribution in [0.3, 0.4) is 0 Å². The highest BCUT2D eigenvalue weighted by Crippen LogP contribution is 2.18. The molecule has 106 valence electrons. The number of nitrogens with one attached hydrogen (secondary N) is 1. The molecule has 0 aromatic heterocycles. The fraction of sp³-hybridized carbons (Fsp3) is 0.417. The monoisotopic (exact) mass is 274 g/mol. The number of carbonyl (C=O) groups excluding carboxylic acids is 1. The van der Waals surface area contributed by atoms with E-state index in [2.05, 4.69) is 5.32 Å². The molecule has 0 spiro atoms. The van der Waals surface area contributed by atoms with Crippen LogP contribution in [0.4, 0.5) is 14.5 Å². The number of amides is 1. The van der Waals surface area contributed by atoms with Crippen LogP contribution in [0.15, 0.2) is 12.1 Å². The molecular formula is C12H16F2N2O3. The quantitative estimate of drug-likeness (QED) is 0.757. The van der Waals surface area contributed by atoms with Gasteiger partial charge < -0.3 is 20.5 Å². The smallest absolute Gasteiger partial charge is 0.257 e. The molecule has 5 nitrogen and oxygen atoms in total. The average molecular weight is 274 g/mol. The predicted molar refractivity (Wildman–Crippen MR) is 65.8 cm³/mol. The number of hydrogen-bond acceptors (Lipinski definition) is 4. The van der Waals surface area contributed by atoms with Crippen LogP contribution < -0.4 is 11.1 Å². The van der Waals surface area contributed by atoms with E-state index in [-0.39, 0.29) is 18.8 Å². The lowest BCUT2D eigenvalue weighted by Gasteiger charge is -2.15. The molecular weight excluding hydrogens is 258 g/mol. The van der Waals surface area contributed by atoms with E-state index in [4.69, 9.17) is 15.2 Å². The molecule has 19 heavy (non-hydrogen) atoms. The van der Waals surface area contributed by atoms with Gasteiger partial charge in [0.1, 0.15) is 11.4 Å².